The highest BCUT2D eigenvalue weighted by Crippen LogP contribution is 2.30. The van der Waals surface area contributed by atoms with Crippen LogP contribution in [0.1, 0.15) is 10.5 Å². The second-order valence-corrected chi connectivity index (χ2v) is 4.81. The van der Waals surface area contributed by atoms with Crippen molar-refractivity contribution in [1.29, 1.82) is 0 Å². The average Bonchev–Trinajstić information content (AvgIpc) is 2.81. The molecule has 2 aromatic rings. The maximum Gasteiger partial charge on any atom is 0.284 e. The smallest absolute Gasteiger partial charge is 0.284 e. The van der Waals surface area contributed by atoms with E-state index in [0.29, 0.717) is 15.1 Å². The average molecular weight is 288 g/mol. The molecule has 0 spiro atoms. The molecule has 0 radical (unpaired) electrons. The summed E-state index contributed by atoms with van der Waals surface area (Å²) in [5.41, 5.74) is 3.11. The Kier molecular flexibility index (Phi) is 3.63. The standard InChI is InChI=1S/C10H7Cl2N3OS/c11-6-2-1-5(3-7(6)12)10-14-8(4-17-10)9(16)15-13/h1-4H,13H2,(H,15,16). The van der Waals surface area contributed by atoms with Gasteiger partial charge in [-0.05, 0) is 12.1 Å². The molecule has 1 amide bonds. The molecule has 0 saturated heterocycles. The summed E-state index contributed by atoms with van der Waals surface area (Å²) < 4.78 is 0. The number of hydrogen-bond acceptors (Lipinski definition) is 4. The van der Waals surface area contributed by atoms with Crippen LogP contribution in [-0.2, 0) is 0 Å². The number of amides is 1. The summed E-state index contributed by atoms with van der Waals surface area (Å²) in [6, 6.07) is 5.17. The zero-order valence-electron chi connectivity index (χ0n) is 8.41. The van der Waals surface area contributed by atoms with Crippen LogP contribution in [0.15, 0.2) is 23.6 Å². The number of thiazole rings is 1. The molecule has 3 N–H and O–H groups in total. The van der Waals surface area contributed by atoms with Gasteiger partial charge in [-0.1, -0.05) is 29.3 Å². The quantitative estimate of drug-likeness (QED) is 0.507. The molecule has 0 unspecified atom stereocenters. The van der Waals surface area contributed by atoms with E-state index in [1.165, 1.54) is 11.3 Å². The third-order valence-electron chi connectivity index (χ3n) is 2.03. The molecule has 17 heavy (non-hydrogen) atoms. The Bertz CT molecular complexity index is 570. The zero-order valence-corrected chi connectivity index (χ0v) is 10.7. The van der Waals surface area contributed by atoms with Crippen LogP contribution in [0.5, 0.6) is 0 Å². The molecule has 4 nitrogen and oxygen atoms in total. The minimum absolute atomic E-state index is 0.276. The monoisotopic (exact) mass is 287 g/mol. The van der Waals surface area contributed by atoms with Crippen molar-refractivity contribution < 1.29 is 4.79 Å². The minimum Gasteiger partial charge on any atom is -0.289 e. The highest BCUT2D eigenvalue weighted by Gasteiger charge is 2.11. The van der Waals surface area contributed by atoms with Crippen LogP contribution in [0.2, 0.25) is 10.0 Å². The third kappa shape index (κ3) is 2.58. The van der Waals surface area contributed by atoms with E-state index in [0.717, 1.165) is 5.56 Å². The van der Waals surface area contributed by atoms with Gasteiger partial charge in [0.15, 0.2) is 0 Å². The number of carbonyl (C=O) groups is 1. The van der Waals surface area contributed by atoms with Gasteiger partial charge >= 0.3 is 0 Å². The first kappa shape index (κ1) is 12.3. The molecular formula is C10H7Cl2N3OS. The van der Waals surface area contributed by atoms with Gasteiger partial charge in [-0.15, -0.1) is 11.3 Å². The lowest BCUT2D eigenvalue weighted by Crippen LogP contribution is -2.30. The number of nitrogen functional groups attached to an aromatic ring is 1. The van der Waals surface area contributed by atoms with E-state index in [2.05, 4.69) is 4.98 Å². The van der Waals surface area contributed by atoms with Crippen molar-refractivity contribution in [3.05, 3.63) is 39.3 Å². The Morgan fingerprint density at radius 3 is 2.76 bits per heavy atom. The summed E-state index contributed by atoms with van der Waals surface area (Å²) in [6.45, 7) is 0. The zero-order chi connectivity index (χ0) is 12.4. The van der Waals surface area contributed by atoms with Crippen LogP contribution in [-0.4, -0.2) is 10.9 Å². The van der Waals surface area contributed by atoms with Gasteiger partial charge in [0.25, 0.3) is 5.91 Å². The highest BCUT2D eigenvalue weighted by molar-refractivity contribution is 7.13. The molecule has 0 atom stereocenters. The molecule has 1 aromatic carbocycles. The maximum absolute atomic E-state index is 11.2. The van der Waals surface area contributed by atoms with E-state index in [9.17, 15) is 4.79 Å². The Morgan fingerprint density at radius 2 is 2.12 bits per heavy atom. The second kappa shape index (κ2) is 5.01. The topological polar surface area (TPSA) is 68.0 Å². The summed E-state index contributed by atoms with van der Waals surface area (Å²) in [6.07, 6.45) is 0. The molecule has 7 heteroatoms. The van der Waals surface area contributed by atoms with Crippen molar-refractivity contribution in [3.63, 3.8) is 0 Å². The normalized spacial score (nSPS) is 10.3. The van der Waals surface area contributed by atoms with Gasteiger partial charge < -0.3 is 0 Å². The lowest BCUT2D eigenvalue weighted by atomic mass is 10.2. The number of hydrogen-bond donors (Lipinski definition) is 2. The predicted molar refractivity (Wildman–Crippen MR) is 69.2 cm³/mol. The summed E-state index contributed by atoms with van der Waals surface area (Å²) >= 11 is 13.1. The van der Waals surface area contributed by atoms with Gasteiger partial charge in [0.1, 0.15) is 10.7 Å². The predicted octanol–water partition coefficient (Wildman–Crippen LogP) is 2.72. The van der Waals surface area contributed by atoms with E-state index in [-0.39, 0.29) is 5.69 Å². The Hall–Kier alpha value is -1.14. The molecule has 0 aliphatic heterocycles. The molecule has 0 saturated carbocycles. The molecule has 0 aliphatic rings. The number of halogens is 2. The van der Waals surface area contributed by atoms with Gasteiger partial charge in [-0.3, -0.25) is 10.2 Å². The van der Waals surface area contributed by atoms with Crippen LogP contribution >= 0.6 is 34.5 Å². The molecular weight excluding hydrogens is 281 g/mol. The Morgan fingerprint density at radius 1 is 1.35 bits per heavy atom. The van der Waals surface area contributed by atoms with Gasteiger partial charge in [-0.2, -0.15) is 0 Å². The number of rotatable bonds is 2. The summed E-state index contributed by atoms with van der Waals surface area (Å²) in [4.78, 5) is 15.4. The number of carbonyl (C=O) groups excluding carboxylic acids is 1. The Balaban J connectivity index is 2.37. The van der Waals surface area contributed by atoms with Crippen LogP contribution in [0, 0.1) is 0 Å². The lowest BCUT2D eigenvalue weighted by molar-refractivity contribution is 0.0949. The first-order valence-electron chi connectivity index (χ1n) is 4.53. The van der Waals surface area contributed by atoms with Crippen molar-refractivity contribution in [3.8, 4) is 10.6 Å². The van der Waals surface area contributed by atoms with E-state index < -0.39 is 5.91 Å². The molecule has 1 heterocycles. The van der Waals surface area contributed by atoms with Gasteiger partial charge in [-0.25, -0.2) is 10.8 Å². The SMILES string of the molecule is NNC(=O)c1csc(-c2ccc(Cl)c(Cl)c2)n1. The fourth-order valence-electron chi connectivity index (χ4n) is 1.21. The van der Waals surface area contributed by atoms with Gasteiger partial charge in [0.2, 0.25) is 0 Å². The largest absolute Gasteiger partial charge is 0.289 e. The minimum atomic E-state index is -0.424. The van der Waals surface area contributed by atoms with Crippen molar-refractivity contribution in [2.75, 3.05) is 0 Å². The number of nitrogens with one attached hydrogen (secondary N) is 1. The summed E-state index contributed by atoms with van der Waals surface area (Å²) in [5, 5.41) is 3.23. The number of nitrogens with zero attached hydrogens (tertiary/aromatic N) is 1. The summed E-state index contributed by atoms with van der Waals surface area (Å²) in [5.74, 6) is 4.60. The molecule has 88 valence electrons. The Labute approximate surface area is 111 Å². The lowest BCUT2D eigenvalue weighted by Gasteiger charge is -1.99. The van der Waals surface area contributed by atoms with E-state index in [4.69, 9.17) is 29.0 Å². The maximum atomic E-state index is 11.2. The van der Waals surface area contributed by atoms with Crippen molar-refractivity contribution >= 4 is 40.4 Å². The first-order chi connectivity index (χ1) is 8.11. The van der Waals surface area contributed by atoms with Gasteiger partial charge in [0, 0.05) is 10.9 Å². The highest BCUT2D eigenvalue weighted by atomic mass is 35.5. The molecule has 0 fully saturated rings. The number of nitrogens with two attached hydrogens (primary N) is 1. The fraction of sp³-hybridized carbons (Fsp3) is 0. The van der Waals surface area contributed by atoms with Crippen molar-refractivity contribution in [2.24, 2.45) is 5.84 Å². The molecule has 2 rings (SSSR count). The number of benzene rings is 1. The first-order valence-corrected chi connectivity index (χ1v) is 6.17. The van der Waals surface area contributed by atoms with Crippen LogP contribution in [0.4, 0.5) is 0 Å². The van der Waals surface area contributed by atoms with E-state index in [1.807, 2.05) is 5.43 Å². The van der Waals surface area contributed by atoms with Gasteiger partial charge in [0.05, 0.1) is 10.0 Å². The van der Waals surface area contributed by atoms with E-state index >= 15 is 0 Å². The van der Waals surface area contributed by atoms with Crippen LogP contribution in [0.3, 0.4) is 0 Å². The molecule has 0 bridgehead atoms. The van der Waals surface area contributed by atoms with E-state index in [1.54, 1.807) is 23.6 Å². The fourth-order valence-corrected chi connectivity index (χ4v) is 2.31. The van der Waals surface area contributed by atoms with Crippen molar-refractivity contribution in [2.45, 2.75) is 0 Å². The molecule has 0 aliphatic carbocycles. The van der Waals surface area contributed by atoms with Crippen molar-refractivity contribution in [1.82, 2.24) is 10.4 Å². The second-order valence-electron chi connectivity index (χ2n) is 3.14. The van der Waals surface area contributed by atoms with Crippen LogP contribution in [0.25, 0.3) is 10.6 Å². The molecule has 1 aromatic heterocycles. The summed E-state index contributed by atoms with van der Waals surface area (Å²) in [7, 11) is 0. The third-order valence-corrected chi connectivity index (χ3v) is 3.66. The van der Waals surface area contributed by atoms with Crippen LogP contribution < -0.4 is 11.3 Å². The number of aromatic nitrogens is 1. The number of hydrazine groups is 1.